The van der Waals surface area contributed by atoms with Crippen LogP contribution in [0.1, 0.15) is 23.2 Å². The molecule has 1 aromatic carbocycles. The summed E-state index contributed by atoms with van der Waals surface area (Å²) in [6, 6.07) is 4.93. The van der Waals surface area contributed by atoms with Crippen molar-refractivity contribution in [1.29, 1.82) is 0 Å². The van der Waals surface area contributed by atoms with Crippen molar-refractivity contribution in [2.24, 2.45) is 0 Å². The first-order chi connectivity index (χ1) is 8.19. The van der Waals surface area contributed by atoms with Crippen LogP contribution < -0.4 is 5.32 Å². The molecular formula is C12H16ClNO3. The van der Waals surface area contributed by atoms with Gasteiger partial charge in [-0.25, -0.2) is 4.79 Å². The van der Waals surface area contributed by atoms with Crippen molar-refractivity contribution in [2.45, 2.75) is 12.8 Å². The zero-order valence-corrected chi connectivity index (χ0v) is 10.5. The van der Waals surface area contributed by atoms with Gasteiger partial charge in [0.25, 0.3) is 0 Å². The van der Waals surface area contributed by atoms with E-state index < -0.39 is 0 Å². The summed E-state index contributed by atoms with van der Waals surface area (Å²) in [4.78, 5) is 11.3. The third-order valence-corrected chi connectivity index (χ3v) is 2.62. The molecule has 0 heterocycles. The summed E-state index contributed by atoms with van der Waals surface area (Å²) >= 11 is 5.99. The first-order valence-corrected chi connectivity index (χ1v) is 5.79. The van der Waals surface area contributed by atoms with Gasteiger partial charge in [-0.15, -0.1) is 0 Å². The Balaban J connectivity index is 2.66. The highest BCUT2D eigenvalue weighted by Crippen LogP contribution is 2.23. The molecular weight excluding hydrogens is 242 g/mol. The van der Waals surface area contributed by atoms with Gasteiger partial charge >= 0.3 is 5.97 Å². The van der Waals surface area contributed by atoms with Crippen LogP contribution in [0.5, 0.6) is 0 Å². The molecule has 0 bridgehead atoms. The van der Waals surface area contributed by atoms with Gasteiger partial charge in [0.05, 0.1) is 23.4 Å². The Bertz CT molecular complexity index is 382. The normalized spacial score (nSPS) is 10.1. The van der Waals surface area contributed by atoms with Crippen LogP contribution in [0.15, 0.2) is 18.2 Å². The number of carbonyl (C=O) groups is 1. The number of nitrogens with one attached hydrogen (secondary N) is 1. The van der Waals surface area contributed by atoms with Crippen LogP contribution in [-0.4, -0.2) is 31.3 Å². The summed E-state index contributed by atoms with van der Waals surface area (Å²) in [5.41, 5.74) is 1.16. The van der Waals surface area contributed by atoms with E-state index in [1.54, 1.807) is 18.2 Å². The van der Waals surface area contributed by atoms with Crippen LogP contribution in [0.4, 0.5) is 5.69 Å². The Morgan fingerprint density at radius 1 is 1.47 bits per heavy atom. The van der Waals surface area contributed by atoms with Gasteiger partial charge in [-0.1, -0.05) is 11.6 Å². The Morgan fingerprint density at radius 3 is 2.88 bits per heavy atom. The van der Waals surface area contributed by atoms with Crippen molar-refractivity contribution in [1.82, 2.24) is 0 Å². The van der Waals surface area contributed by atoms with Gasteiger partial charge in [-0.05, 0) is 31.0 Å². The molecule has 0 aliphatic rings. The number of unbranched alkanes of at least 4 members (excludes halogenated alkanes) is 1. The second kappa shape index (κ2) is 7.14. The van der Waals surface area contributed by atoms with Crippen molar-refractivity contribution in [2.75, 3.05) is 25.6 Å². The number of aliphatic hydroxyl groups is 1. The number of hydrogen-bond acceptors (Lipinski definition) is 4. The van der Waals surface area contributed by atoms with Gasteiger partial charge in [0.2, 0.25) is 0 Å². The van der Waals surface area contributed by atoms with Crippen LogP contribution in [0, 0.1) is 0 Å². The standard InChI is InChI=1S/C12H16ClNO3/c1-17-12(16)9-4-5-10(13)11(8-9)14-6-2-3-7-15/h4-5,8,14-15H,2-3,6-7H2,1H3. The maximum Gasteiger partial charge on any atom is 0.337 e. The van der Waals surface area contributed by atoms with Gasteiger partial charge in [0.1, 0.15) is 0 Å². The van der Waals surface area contributed by atoms with Crippen molar-refractivity contribution >= 4 is 23.3 Å². The van der Waals surface area contributed by atoms with Crippen LogP contribution in [0.2, 0.25) is 5.02 Å². The first kappa shape index (κ1) is 13.8. The van der Waals surface area contributed by atoms with Crippen LogP contribution in [-0.2, 0) is 4.74 Å². The highest BCUT2D eigenvalue weighted by atomic mass is 35.5. The fraction of sp³-hybridized carbons (Fsp3) is 0.417. The van der Waals surface area contributed by atoms with E-state index >= 15 is 0 Å². The minimum Gasteiger partial charge on any atom is -0.465 e. The summed E-state index contributed by atoms with van der Waals surface area (Å²) in [6.45, 7) is 0.877. The molecule has 1 rings (SSSR count). The molecule has 0 amide bonds. The highest BCUT2D eigenvalue weighted by Gasteiger charge is 2.08. The lowest BCUT2D eigenvalue weighted by Gasteiger charge is -2.09. The van der Waals surface area contributed by atoms with Gasteiger partial charge in [0.15, 0.2) is 0 Å². The summed E-state index contributed by atoms with van der Waals surface area (Å²) < 4.78 is 4.63. The molecule has 2 N–H and O–H groups in total. The lowest BCUT2D eigenvalue weighted by Crippen LogP contribution is -2.06. The summed E-state index contributed by atoms with van der Waals surface area (Å²) in [7, 11) is 1.34. The molecule has 4 nitrogen and oxygen atoms in total. The molecule has 94 valence electrons. The maximum atomic E-state index is 11.3. The predicted octanol–water partition coefficient (Wildman–Crippen LogP) is 2.31. The first-order valence-electron chi connectivity index (χ1n) is 5.41. The van der Waals surface area contributed by atoms with E-state index in [2.05, 4.69) is 10.1 Å². The Kier molecular flexibility index (Phi) is 5.80. The van der Waals surface area contributed by atoms with E-state index in [4.69, 9.17) is 16.7 Å². The Hall–Kier alpha value is -1.26. The zero-order chi connectivity index (χ0) is 12.7. The van der Waals surface area contributed by atoms with Gasteiger partial charge in [0, 0.05) is 13.2 Å². The minimum atomic E-state index is -0.389. The number of rotatable bonds is 6. The number of benzene rings is 1. The second-order valence-corrected chi connectivity index (χ2v) is 3.95. The number of carbonyl (C=O) groups excluding carboxylic acids is 1. The zero-order valence-electron chi connectivity index (χ0n) is 9.70. The number of halogens is 1. The van der Waals surface area contributed by atoms with Crippen molar-refractivity contribution in [3.05, 3.63) is 28.8 Å². The molecule has 0 radical (unpaired) electrons. The molecule has 0 spiro atoms. The van der Waals surface area contributed by atoms with E-state index in [-0.39, 0.29) is 12.6 Å². The molecule has 0 atom stereocenters. The van der Waals surface area contributed by atoms with Gasteiger partial charge in [-0.2, -0.15) is 0 Å². The fourth-order valence-electron chi connectivity index (χ4n) is 1.37. The lowest BCUT2D eigenvalue weighted by atomic mass is 10.2. The average Bonchev–Trinajstić information content (AvgIpc) is 2.35. The van der Waals surface area contributed by atoms with Gasteiger partial charge < -0.3 is 15.2 Å². The quantitative estimate of drug-likeness (QED) is 0.607. The van der Waals surface area contributed by atoms with Crippen LogP contribution in [0.3, 0.4) is 0 Å². The van der Waals surface area contributed by atoms with E-state index in [9.17, 15) is 4.79 Å². The average molecular weight is 258 g/mol. The third kappa shape index (κ3) is 4.24. The summed E-state index contributed by atoms with van der Waals surface area (Å²) in [6.07, 6.45) is 1.58. The van der Waals surface area contributed by atoms with E-state index in [0.29, 0.717) is 22.8 Å². The van der Waals surface area contributed by atoms with Crippen LogP contribution in [0.25, 0.3) is 0 Å². The minimum absolute atomic E-state index is 0.178. The molecule has 0 fully saturated rings. The SMILES string of the molecule is COC(=O)c1ccc(Cl)c(NCCCCO)c1. The molecule has 1 aromatic rings. The highest BCUT2D eigenvalue weighted by molar-refractivity contribution is 6.33. The number of hydrogen-bond donors (Lipinski definition) is 2. The number of anilines is 1. The smallest absolute Gasteiger partial charge is 0.337 e. The molecule has 0 unspecified atom stereocenters. The Morgan fingerprint density at radius 2 is 2.24 bits per heavy atom. The molecule has 0 saturated carbocycles. The number of aliphatic hydroxyl groups excluding tert-OH is 1. The summed E-state index contributed by atoms with van der Waals surface area (Å²) in [5.74, 6) is -0.389. The molecule has 0 saturated heterocycles. The fourth-order valence-corrected chi connectivity index (χ4v) is 1.55. The van der Waals surface area contributed by atoms with E-state index in [1.165, 1.54) is 7.11 Å². The van der Waals surface area contributed by atoms with E-state index in [1.807, 2.05) is 0 Å². The predicted molar refractivity (Wildman–Crippen MR) is 67.6 cm³/mol. The molecule has 5 heteroatoms. The lowest BCUT2D eigenvalue weighted by molar-refractivity contribution is 0.0601. The number of methoxy groups -OCH3 is 1. The van der Waals surface area contributed by atoms with Crippen molar-refractivity contribution < 1.29 is 14.6 Å². The van der Waals surface area contributed by atoms with E-state index in [0.717, 1.165) is 12.8 Å². The molecule has 17 heavy (non-hydrogen) atoms. The number of ether oxygens (including phenoxy) is 1. The monoisotopic (exact) mass is 257 g/mol. The van der Waals surface area contributed by atoms with Crippen molar-refractivity contribution in [3.63, 3.8) is 0 Å². The molecule has 0 aliphatic carbocycles. The second-order valence-electron chi connectivity index (χ2n) is 3.54. The molecule has 0 aliphatic heterocycles. The Labute approximate surface area is 106 Å². The van der Waals surface area contributed by atoms with Crippen molar-refractivity contribution in [3.8, 4) is 0 Å². The van der Waals surface area contributed by atoms with Gasteiger partial charge in [-0.3, -0.25) is 0 Å². The maximum absolute atomic E-state index is 11.3. The summed E-state index contributed by atoms with van der Waals surface area (Å²) in [5, 5.41) is 12.3. The van der Waals surface area contributed by atoms with Crippen LogP contribution >= 0.6 is 11.6 Å². The number of esters is 1. The molecule has 0 aromatic heterocycles. The topological polar surface area (TPSA) is 58.6 Å². The third-order valence-electron chi connectivity index (χ3n) is 2.29. The largest absolute Gasteiger partial charge is 0.465 e.